The lowest BCUT2D eigenvalue weighted by atomic mass is 10.1. The predicted octanol–water partition coefficient (Wildman–Crippen LogP) is 1.58. The fraction of sp³-hybridized carbons (Fsp3) is 0.167. The van der Waals surface area contributed by atoms with E-state index in [9.17, 15) is 9.59 Å². The van der Waals surface area contributed by atoms with Crippen molar-refractivity contribution in [1.29, 1.82) is 0 Å². The lowest BCUT2D eigenvalue weighted by molar-refractivity contribution is -0.134. The van der Waals surface area contributed by atoms with Crippen molar-refractivity contribution in [2.24, 2.45) is 0 Å². The maximum Gasteiger partial charge on any atom is 0.335 e. The smallest absolute Gasteiger partial charge is 0.335 e. The molecule has 17 heavy (non-hydrogen) atoms. The van der Waals surface area contributed by atoms with Crippen LogP contribution >= 0.6 is 0 Å². The molecule has 0 spiro atoms. The van der Waals surface area contributed by atoms with Crippen LogP contribution in [0, 0.1) is 0 Å². The molecule has 0 aliphatic heterocycles. The molecule has 0 atom stereocenters. The molecule has 0 bridgehead atoms. The molecule has 0 unspecified atom stereocenters. The Balaban J connectivity index is 3.05. The van der Waals surface area contributed by atoms with Crippen LogP contribution < -0.4 is 4.74 Å². The van der Waals surface area contributed by atoms with Gasteiger partial charge in [-0.25, -0.2) is 9.59 Å². The molecule has 0 fully saturated rings. The fourth-order valence-electron chi connectivity index (χ4n) is 1.21. The van der Waals surface area contributed by atoms with Crippen molar-refractivity contribution in [2.45, 2.75) is 0 Å². The first-order valence-electron chi connectivity index (χ1n) is 4.76. The SMILES string of the molecule is COC(=O)C=Cc1ccc(C(=O)O)cc1OC. The van der Waals surface area contributed by atoms with E-state index in [1.54, 1.807) is 6.07 Å². The van der Waals surface area contributed by atoms with E-state index < -0.39 is 11.9 Å². The zero-order valence-electron chi connectivity index (χ0n) is 9.47. The molecule has 0 radical (unpaired) electrons. The van der Waals surface area contributed by atoms with Crippen molar-refractivity contribution < 1.29 is 24.2 Å². The molecule has 90 valence electrons. The highest BCUT2D eigenvalue weighted by molar-refractivity contribution is 5.90. The maximum absolute atomic E-state index is 10.9. The van der Waals surface area contributed by atoms with Crippen LogP contribution in [0.1, 0.15) is 15.9 Å². The molecular weight excluding hydrogens is 224 g/mol. The van der Waals surface area contributed by atoms with Crippen molar-refractivity contribution >= 4 is 18.0 Å². The molecule has 0 saturated heterocycles. The number of aromatic carboxylic acids is 1. The summed E-state index contributed by atoms with van der Waals surface area (Å²) in [6.45, 7) is 0. The van der Waals surface area contributed by atoms with E-state index in [1.165, 1.54) is 38.5 Å². The largest absolute Gasteiger partial charge is 0.496 e. The van der Waals surface area contributed by atoms with E-state index in [4.69, 9.17) is 9.84 Å². The monoisotopic (exact) mass is 236 g/mol. The third-order valence-corrected chi connectivity index (χ3v) is 2.08. The quantitative estimate of drug-likeness (QED) is 0.634. The Kier molecular flexibility index (Phi) is 4.28. The number of carbonyl (C=O) groups excluding carboxylic acids is 1. The number of carboxylic acids is 1. The molecule has 1 aromatic rings. The number of hydrogen-bond acceptors (Lipinski definition) is 4. The average Bonchev–Trinajstić information content (AvgIpc) is 2.35. The topological polar surface area (TPSA) is 72.8 Å². The van der Waals surface area contributed by atoms with E-state index >= 15 is 0 Å². The van der Waals surface area contributed by atoms with Gasteiger partial charge < -0.3 is 14.6 Å². The van der Waals surface area contributed by atoms with Crippen molar-refractivity contribution in [3.63, 3.8) is 0 Å². The van der Waals surface area contributed by atoms with Crippen LogP contribution in [0.25, 0.3) is 6.08 Å². The number of esters is 1. The van der Waals surface area contributed by atoms with Crippen LogP contribution in [0.15, 0.2) is 24.3 Å². The van der Waals surface area contributed by atoms with Gasteiger partial charge in [-0.15, -0.1) is 0 Å². The van der Waals surface area contributed by atoms with Crippen LogP contribution in [0.5, 0.6) is 5.75 Å². The zero-order valence-corrected chi connectivity index (χ0v) is 9.47. The van der Waals surface area contributed by atoms with Crippen molar-refractivity contribution in [1.82, 2.24) is 0 Å². The van der Waals surface area contributed by atoms with Crippen molar-refractivity contribution in [2.75, 3.05) is 14.2 Å². The van der Waals surface area contributed by atoms with E-state index in [-0.39, 0.29) is 5.56 Å². The molecular formula is C12H12O5. The van der Waals surface area contributed by atoms with Gasteiger partial charge in [0.2, 0.25) is 0 Å². The van der Waals surface area contributed by atoms with Gasteiger partial charge in [-0.1, -0.05) is 6.07 Å². The summed E-state index contributed by atoms with van der Waals surface area (Å²) in [5, 5.41) is 8.80. The summed E-state index contributed by atoms with van der Waals surface area (Å²) >= 11 is 0. The second-order valence-electron chi connectivity index (χ2n) is 3.12. The highest BCUT2D eigenvalue weighted by Gasteiger charge is 2.07. The summed E-state index contributed by atoms with van der Waals surface area (Å²) < 4.78 is 9.48. The number of ether oxygens (including phenoxy) is 2. The number of hydrogen-bond donors (Lipinski definition) is 1. The Hall–Kier alpha value is -2.30. The minimum absolute atomic E-state index is 0.122. The van der Waals surface area contributed by atoms with Gasteiger partial charge in [0.15, 0.2) is 0 Å². The average molecular weight is 236 g/mol. The lowest BCUT2D eigenvalue weighted by Crippen LogP contribution is -1.98. The first kappa shape index (κ1) is 12.8. The molecule has 1 rings (SSSR count). The highest BCUT2D eigenvalue weighted by Crippen LogP contribution is 2.21. The molecule has 0 heterocycles. The number of carboxylic acid groups (broad SMARTS) is 1. The maximum atomic E-state index is 10.9. The third kappa shape index (κ3) is 3.34. The molecule has 1 aromatic carbocycles. The van der Waals surface area contributed by atoms with Gasteiger partial charge in [-0.2, -0.15) is 0 Å². The van der Waals surface area contributed by atoms with E-state index in [2.05, 4.69) is 4.74 Å². The standard InChI is InChI=1S/C12H12O5/c1-16-10-7-9(12(14)15)4-3-8(10)5-6-11(13)17-2/h3-7H,1-2H3,(H,14,15). The zero-order chi connectivity index (χ0) is 12.8. The van der Waals surface area contributed by atoms with Crippen molar-refractivity contribution in [3.8, 4) is 5.75 Å². The molecule has 1 N–H and O–H groups in total. The Morgan fingerprint density at radius 1 is 1.29 bits per heavy atom. The lowest BCUT2D eigenvalue weighted by Gasteiger charge is -2.05. The Morgan fingerprint density at radius 3 is 2.53 bits per heavy atom. The number of benzene rings is 1. The van der Waals surface area contributed by atoms with Crippen molar-refractivity contribution in [3.05, 3.63) is 35.4 Å². The Labute approximate surface area is 98.3 Å². The van der Waals surface area contributed by atoms with E-state index in [0.717, 1.165) is 0 Å². The van der Waals surface area contributed by atoms with Crippen LogP contribution in [0.2, 0.25) is 0 Å². The van der Waals surface area contributed by atoms with Crippen LogP contribution in [0.4, 0.5) is 0 Å². The van der Waals surface area contributed by atoms with Crippen LogP contribution in [-0.4, -0.2) is 31.3 Å². The Bertz CT molecular complexity index is 462. The second kappa shape index (κ2) is 5.69. The highest BCUT2D eigenvalue weighted by atomic mass is 16.5. The molecule has 0 aliphatic rings. The fourth-order valence-corrected chi connectivity index (χ4v) is 1.21. The molecule has 5 heteroatoms. The molecule has 0 amide bonds. The number of methoxy groups -OCH3 is 2. The minimum Gasteiger partial charge on any atom is -0.496 e. The first-order chi connectivity index (χ1) is 8.08. The van der Waals surface area contributed by atoms with Gasteiger partial charge in [0, 0.05) is 11.6 Å². The second-order valence-corrected chi connectivity index (χ2v) is 3.12. The summed E-state index contributed by atoms with van der Waals surface area (Å²) in [5.41, 5.74) is 0.722. The summed E-state index contributed by atoms with van der Waals surface area (Å²) in [4.78, 5) is 21.7. The predicted molar refractivity (Wildman–Crippen MR) is 61.0 cm³/mol. The number of carbonyl (C=O) groups is 2. The van der Waals surface area contributed by atoms with Crippen LogP contribution in [-0.2, 0) is 9.53 Å². The summed E-state index contributed by atoms with van der Waals surface area (Å²) in [7, 11) is 2.70. The van der Waals surface area contributed by atoms with E-state index in [0.29, 0.717) is 11.3 Å². The van der Waals surface area contributed by atoms with Gasteiger partial charge in [-0.3, -0.25) is 0 Å². The van der Waals surface area contributed by atoms with Crippen LogP contribution in [0.3, 0.4) is 0 Å². The van der Waals surface area contributed by atoms with Gasteiger partial charge in [-0.05, 0) is 18.2 Å². The van der Waals surface area contributed by atoms with Gasteiger partial charge >= 0.3 is 11.9 Å². The summed E-state index contributed by atoms with van der Waals surface area (Å²) in [5.74, 6) is -1.15. The first-order valence-corrected chi connectivity index (χ1v) is 4.76. The minimum atomic E-state index is -1.04. The van der Waals surface area contributed by atoms with Gasteiger partial charge in [0.25, 0.3) is 0 Å². The van der Waals surface area contributed by atoms with E-state index in [1.807, 2.05) is 0 Å². The molecule has 0 aromatic heterocycles. The summed E-state index contributed by atoms with van der Waals surface area (Å²) in [6.07, 6.45) is 2.73. The molecule has 0 saturated carbocycles. The normalized spacial score (nSPS) is 10.2. The molecule has 5 nitrogen and oxygen atoms in total. The Morgan fingerprint density at radius 2 is 2.00 bits per heavy atom. The molecule has 0 aliphatic carbocycles. The third-order valence-electron chi connectivity index (χ3n) is 2.08. The van der Waals surface area contributed by atoms with Gasteiger partial charge in [0.1, 0.15) is 5.75 Å². The summed E-state index contributed by atoms with van der Waals surface area (Å²) in [6, 6.07) is 4.38. The number of rotatable bonds is 4. The van der Waals surface area contributed by atoms with Gasteiger partial charge in [0.05, 0.1) is 19.8 Å².